The minimum absolute atomic E-state index is 0.0111. The van der Waals surface area contributed by atoms with Crippen molar-refractivity contribution in [2.45, 2.75) is 32.9 Å². The summed E-state index contributed by atoms with van der Waals surface area (Å²) in [4.78, 5) is 28.8. The van der Waals surface area contributed by atoms with Crippen molar-refractivity contribution in [3.63, 3.8) is 0 Å². The Hall–Kier alpha value is -2.63. The molecule has 6 heteroatoms. The predicted molar refractivity (Wildman–Crippen MR) is 99.4 cm³/mol. The Labute approximate surface area is 154 Å². The standard InChI is InChI=1S/C20H26N4O2/c1-3-24-18(9-11-21-24)20(26)23-12-10-17(15-23)13-19(25)22(2)14-16-7-5-4-6-8-16/h4-9,11,17H,3,10,12-15H2,1-2H3. The second-order valence-corrected chi connectivity index (χ2v) is 6.88. The Morgan fingerprint density at radius 2 is 2.00 bits per heavy atom. The first-order valence-electron chi connectivity index (χ1n) is 9.17. The van der Waals surface area contributed by atoms with Crippen LogP contribution >= 0.6 is 0 Å². The number of aromatic nitrogens is 2. The zero-order valence-electron chi connectivity index (χ0n) is 15.5. The van der Waals surface area contributed by atoms with E-state index in [1.807, 2.05) is 49.2 Å². The Kier molecular flexibility index (Phi) is 5.71. The molecule has 0 aliphatic carbocycles. The van der Waals surface area contributed by atoms with E-state index < -0.39 is 0 Å². The molecule has 1 aromatic heterocycles. The molecule has 2 heterocycles. The van der Waals surface area contributed by atoms with Gasteiger partial charge >= 0.3 is 0 Å². The van der Waals surface area contributed by atoms with Gasteiger partial charge < -0.3 is 9.80 Å². The van der Waals surface area contributed by atoms with Gasteiger partial charge in [-0.3, -0.25) is 14.3 Å². The van der Waals surface area contributed by atoms with Crippen LogP contribution in [0.2, 0.25) is 0 Å². The molecule has 1 saturated heterocycles. The highest BCUT2D eigenvalue weighted by Gasteiger charge is 2.30. The molecule has 0 N–H and O–H groups in total. The second kappa shape index (κ2) is 8.17. The Bertz CT molecular complexity index is 756. The van der Waals surface area contributed by atoms with Crippen LogP contribution in [0, 0.1) is 5.92 Å². The molecule has 1 aromatic carbocycles. The molecule has 3 rings (SSSR count). The number of hydrogen-bond donors (Lipinski definition) is 0. The third kappa shape index (κ3) is 4.12. The quantitative estimate of drug-likeness (QED) is 0.800. The summed E-state index contributed by atoms with van der Waals surface area (Å²) in [5.74, 6) is 0.367. The molecule has 6 nitrogen and oxygen atoms in total. The van der Waals surface area contributed by atoms with Crippen molar-refractivity contribution in [3.05, 3.63) is 53.9 Å². The lowest BCUT2D eigenvalue weighted by atomic mass is 10.0. The summed E-state index contributed by atoms with van der Waals surface area (Å²) in [5.41, 5.74) is 1.75. The summed E-state index contributed by atoms with van der Waals surface area (Å²) in [7, 11) is 1.84. The zero-order chi connectivity index (χ0) is 18.5. The molecule has 1 aliphatic rings. The van der Waals surface area contributed by atoms with Gasteiger partial charge in [0, 0.05) is 45.8 Å². The lowest BCUT2D eigenvalue weighted by Crippen LogP contribution is -2.32. The Balaban J connectivity index is 1.52. The molecule has 1 atom stereocenters. The van der Waals surface area contributed by atoms with Crippen LogP contribution in [0.25, 0.3) is 0 Å². The smallest absolute Gasteiger partial charge is 0.272 e. The van der Waals surface area contributed by atoms with Gasteiger partial charge in [-0.2, -0.15) is 5.10 Å². The molecule has 138 valence electrons. The van der Waals surface area contributed by atoms with E-state index in [0.717, 1.165) is 12.0 Å². The van der Waals surface area contributed by atoms with Crippen molar-refractivity contribution in [1.29, 1.82) is 0 Å². The number of carbonyl (C=O) groups excluding carboxylic acids is 2. The van der Waals surface area contributed by atoms with Crippen LogP contribution in [-0.4, -0.2) is 51.5 Å². The van der Waals surface area contributed by atoms with E-state index in [1.54, 1.807) is 21.8 Å². The van der Waals surface area contributed by atoms with Crippen LogP contribution in [0.3, 0.4) is 0 Å². The minimum atomic E-state index is 0.0111. The maximum absolute atomic E-state index is 12.7. The average Bonchev–Trinajstić information content (AvgIpc) is 3.31. The van der Waals surface area contributed by atoms with E-state index in [-0.39, 0.29) is 17.7 Å². The summed E-state index contributed by atoms with van der Waals surface area (Å²) < 4.78 is 1.72. The van der Waals surface area contributed by atoms with Crippen LogP contribution in [-0.2, 0) is 17.9 Å². The lowest BCUT2D eigenvalue weighted by molar-refractivity contribution is -0.131. The van der Waals surface area contributed by atoms with E-state index in [9.17, 15) is 9.59 Å². The number of carbonyl (C=O) groups is 2. The molecule has 0 spiro atoms. The minimum Gasteiger partial charge on any atom is -0.341 e. The summed E-state index contributed by atoms with van der Waals surface area (Å²) in [6.45, 7) is 4.60. The van der Waals surface area contributed by atoms with Crippen molar-refractivity contribution >= 4 is 11.8 Å². The van der Waals surface area contributed by atoms with Gasteiger partial charge in [0.25, 0.3) is 5.91 Å². The molecule has 1 fully saturated rings. The SMILES string of the molecule is CCn1nccc1C(=O)N1CCC(CC(=O)N(C)Cc2ccccc2)C1. The van der Waals surface area contributed by atoms with E-state index in [1.165, 1.54) is 0 Å². The van der Waals surface area contributed by atoms with Crippen LogP contribution < -0.4 is 0 Å². The molecular formula is C20H26N4O2. The van der Waals surface area contributed by atoms with Gasteiger partial charge in [0.2, 0.25) is 5.91 Å². The van der Waals surface area contributed by atoms with Crippen molar-refractivity contribution < 1.29 is 9.59 Å². The topological polar surface area (TPSA) is 58.4 Å². The fraction of sp³-hybridized carbons (Fsp3) is 0.450. The van der Waals surface area contributed by atoms with Crippen LogP contribution in [0.1, 0.15) is 35.8 Å². The fourth-order valence-corrected chi connectivity index (χ4v) is 3.46. The largest absolute Gasteiger partial charge is 0.341 e. The van der Waals surface area contributed by atoms with Gasteiger partial charge in [-0.25, -0.2) is 0 Å². The number of rotatable bonds is 6. The van der Waals surface area contributed by atoms with Crippen molar-refractivity contribution in [2.24, 2.45) is 5.92 Å². The highest BCUT2D eigenvalue weighted by atomic mass is 16.2. The highest BCUT2D eigenvalue weighted by Crippen LogP contribution is 2.22. The average molecular weight is 354 g/mol. The summed E-state index contributed by atoms with van der Waals surface area (Å²) >= 11 is 0. The lowest BCUT2D eigenvalue weighted by Gasteiger charge is -2.20. The molecule has 0 bridgehead atoms. The van der Waals surface area contributed by atoms with Gasteiger partial charge in [0.15, 0.2) is 0 Å². The molecule has 0 saturated carbocycles. The number of benzene rings is 1. The third-order valence-corrected chi connectivity index (χ3v) is 4.96. The zero-order valence-corrected chi connectivity index (χ0v) is 15.5. The molecule has 1 unspecified atom stereocenters. The maximum atomic E-state index is 12.7. The third-order valence-electron chi connectivity index (χ3n) is 4.96. The molecule has 26 heavy (non-hydrogen) atoms. The van der Waals surface area contributed by atoms with Crippen LogP contribution in [0.5, 0.6) is 0 Å². The number of amides is 2. The summed E-state index contributed by atoms with van der Waals surface area (Å²) in [6.07, 6.45) is 3.02. The van der Waals surface area contributed by atoms with E-state index >= 15 is 0 Å². The first-order chi connectivity index (χ1) is 12.6. The number of likely N-dealkylation sites (tertiary alicyclic amines) is 1. The molecule has 2 aromatic rings. The van der Waals surface area contributed by atoms with Gasteiger partial charge in [-0.15, -0.1) is 0 Å². The van der Waals surface area contributed by atoms with E-state index in [4.69, 9.17) is 0 Å². The maximum Gasteiger partial charge on any atom is 0.272 e. The summed E-state index contributed by atoms with van der Waals surface area (Å²) in [5, 5.41) is 4.17. The molecule has 2 amide bonds. The first kappa shape index (κ1) is 18.2. The number of nitrogens with zero attached hydrogens (tertiary/aromatic N) is 4. The monoisotopic (exact) mass is 354 g/mol. The second-order valence-electron chi connectivity index (χ2n) is 6.88. The van der Waals surface area contributed by atoms with Crippen molar-refractivity contribution in [1.82, 2.24) is 19.6 Å². The Morgan fingerprint density at radius 3 is 2.73 bits per heavy atom. The normalized spacial score (nSPS) is 16.7. The van der Waals surface area contributed by atoms with Gasteiger partial charge in [0.1, 0.15) is 5.69 Å². The Morgan fingerprint density at radius 1 is 1.23 bits per heavy atom. The van der Waals surface area contributed by atoms with Gasteiger partial charge in [-0.05, 0) is 30.9 Å². The highest BCUT2D eigenvalue weighted by molar-refractivity contribution is 5.92. The van der Waals surface area contributed by atoms with E-state index in [2.05, 4.69) is 5.10 Å². The molecular weight excluding hydrogens is 328 g/mol. The van der Waals surface area contributed by atoms with Gasteiger partial charge in [-0.1, -0.05) is 30.3 Å². The van der Waals surface area contributed by atoms with Crippen LogP contribution in [0.4, 0.5) is 0 Å². The molecule has 0 radical (unpaired) electrons. The fourth-order valence-electron chi connectivity index (χ4n) is 3.46. The number of aryl methyl sites for hydroxylation is 1. The van der Waals surface area contributed by atoms with E-state index in [0.29, 0.717) is 38.3 Å². The molecule has 1 aliphatic heterocycles. The van der Waals surface area contributed by atoms with Crippen molar-refractivity contribution in [3.8, 4) is 0 Å². The van der Waals surface area contributed by atoms with Gasteiger partial charge in [0.05, 0.1) is 0 Å². The predicted octanol–water partition coefficient (Wildman–Crippen LogP) is 2.41. The van der Waals surface area contributed by atoms with Crippen LogP contribution in [0.15, 0.2) is 42.6 Å². The van der Waals surface area contributed by atoms with Crippen molar-refractivity contribution in [2.75, 3.05) is 20.1 Å². The number of hydrogen-bond acceptors (Lipinski definition) is 3. The first-order valence-corrected chi connectivity index (χ1v) is 9.17. The summed E-state index contributed by atoms with van der Waals surface area (Å²) in [6, 6.07) is 11.7.